The van der Waals surface area contributed by atoms with Gasteiger partial charge in [-0.1, -0.05) is 42.5 Å². The lowest BCUT2D eigenvalue weighted by molar-refractivity contribution is -0.129. The summed E-state index contributed by atoms with van der Waals surface area (Å²) in [7, 11) is 0. The van der Waals surface area contributed by atoms with Crippen molar-refractivity contribution < 1.29 is 19.1 Å². The number of aromatic carboxylic acids is 1. The highest BCUT2D eigenvalue weighted by Gasteiger charge is 2.23. The Morgan fingerprint density at radius 3 is 2.39 bits per heavy atom. The van der Waals surface area contributed by atoms with Gasteiger partial charge in [0, 0.05) is 55.5 Å². The smallest absolute Gasteiger partial charge is 0.372 e. The summed E-state index contributed by atoms with van der Waals surface area (Å²) in [6, 6.07) is 24.7. The van der Waals surface area contributed by atoms with Crippen LogP contribution in [0.5, 0.6) is 0 Å². The number of fused-ring (bicyclic) bond motifs is 1. The number of furan rings is 1. The Kier molecular flexibility index (Phi) is 7.60. The molecular weight excluding hydrogens is 498 g/mol. The van der Waals surface area contributed by atoms with Gasteiger partial charge in [-0.05, 0) is 61.2 Å². The Morgan fingerprint density at radius 1 is 0.974 bits per heavy atom. The molecule has 3 aromatic carbocycles. The fourth-order valence-electron chi connectivity index (χ4n) is 4.88. The predicted molar refractivity (Wildman–Crippen MR) is 152 cm³/mol. The first-order chi connectivity index (χ1) is 18.4. The quantitative estimate of drug-likeness (QED) is 0.286. The van der Waals surface area contributed by atoms with Crippen LogP contribution in [0.4, 0.5) is 11.4 Å². The number of aryl methyl sites for hydroxylation is 1. The van der Waals surface area contributed by atoms with Gasteiger partial charge in [-0.2, -0.15) is 0 Å². The lowest BCUT2D eigenvalue weighted by Crippen LogP contribution is -2.48. The van der Waals surface area contributed by atoms with E-state index in [9.17, 15) is 14.7 Å². The summed E-state index contributed by atoms with van der Waals surface area (Å²) in [6.45, 7) is 7.18. The summed E-state index contributed by atoms with van der Waals surface area (Å²) >= 11 is 1.64. The SMILES string of the molecule is CC(=O)N1CCN(c2ccccc2N(CCc2ccccc2)Sc2ccc3oc(C(=O)O)c(C)c3c2)CC1. The van der Waals surface area contributed by atoms with Gasteiger partial charge in [-0.15, -0.1) is 0 Å². The maximum absolute atomic E-state index is 11.9. The number of carbonyl (C=O) groups is 2. The van der Waals surface area contributed by atoms with Crippen LogP contribution in [0.2, 0.25) is 0 Å². The summed E-state index contributed by atoms with van der Waals surface area (Å²) in [5.41, 5.74) is 4.72. The summed E-state index contributed by atoms with van der Waals surface area (Å²) in [5.74, 6) is -0.955. The number of rotatable bonds is 8. The average Bonchev–Trinajstić information content (AvgIpc) is 3.27. The third-order valence-electron chi connectivity index (χ3n) is 6.98. The van der Waals surface area contributed by atoms with Crippen molar-refractivity contribution in [1.82, 2.24) is 4.90 Å². The lowest BCUT2D eigenvalue weighted by Gasteiger charge is -2.38. The van der Waals surface area contributed by atoms with E-state index in [1.807, 2.05) is 29.2 Å². The molecule has 0 unspecified atom stereocenters. The standard InChI is InChI=1S/C30H31N3O4S/c1-21-25-20-24(12-13-28(25)37-29(21)30(35)36)38-33(15-14-23-8-4-3-5-9-23)27-11-7-6-10-26(27)32-18-16-31(17-19-32)22(2)34/h3-13,20H,14-19H2,1-2H3,(H,35,36). The second-order valence-electron chi connectivity index (χ2n) is 9.43. The first kappa shape index (κ1) is 25.7. The van der Waals surface area contributed by atoms with Crippen LogP contribution in [-0.4, -0.2) is 54.6 Å². The van der Waals surface area contributed by atoms with E-state index in [2.05, 4.69) is 57.7 Å². The molecule has 7 nitrogen and oxygen atoms in total. The summed E-state index contributed by atoms with van der Waals surface area (Å²) in [6.07, 6.45) is 0.871. The molecule has 1 aliphatic rings. The van der Waals surface area contributed by atoms with Crippen LogP contribution < -0.4 is 9.21 Å². The molecule has 38 heavy (non-hydrogen) atoms. The number of benzene rings is 3. The number of anilines is 2. The second kappa shape index (κ2) is 11.2. The maximum atomic E-state index is 11.9. The van der Waals surface area contributed by atoms with Gasteiger partial charge in [0.25, 0.3) is 0 Å². The zero-order chi connectivity index (χ0) is 26.6. The highest BCUT2D eigenvalue weighted by atomic mass is 32.2. The Balaban J connectivity index is 1.46. The largest absolute Gasteiger partial charge is 0.475 e. The molecule has 1 amide bonds. The van der Waals surface area contributed by atoms with Crippen LogP contribution in [0.25, 0.3) is 11.0 Å². The molecule has 0 bridgehead atoms. The zero-order valence-electron chi connectivity index (χ0n) is 21.6. The van der Waals surface area contributed by atoms with Gasteiger partial charge in [-0.25, -0.2) is 4.79 Å². The number of carboxylic acid groups (broad SMARTS) is 1. The van der Waals surface area contributed by atoms with Gasteiger partial charge >= 0.3 is 5.97 Å². The first-order valence-electron chi connectivity index (χ1n) is 12.8. The van der Waals surface area contributed by atoms with E-state index in [-0.39, 0.29) is 11.7 Å². The highest BCUT2D eigenvalue weighted by Crippen LogP contribution is 2.38. The molecule has 0 radical (unpaired) electrons. The van der Waals surface area contributed by atoms with Crippen LogP contribution >= 0.6 is 11.9 Å². The fourth-order valence-corrected chi connectivity index (χ4v) is 5.87. The van der Waals surface area contributed by atoms with E-state index < -0.39 is 5.97 Å². The molecule has 1 saturated heterocycles. The van der Waals surface area contributed by atoms with Crippen LogP contribution in [0.15, 0.2) is 82.1 Å². The molecule has 0 saturated carbocycles. The third-order valence-corrected chi connectivity index (χ3v) is 8.04. The van der Waals surface area contributed by atoms with Crippen molar-refractivity contribution in [3.05, 3.63) is 89.7 Å². The molecule has 1 aliphatic heterocycles. The minimum atomic E-state index is -1.06. The molecule has 196 valence electrons. The van der Waals surface area contributed by atoms with E-state index in [0.717, 1.165) is 47.7 Å². The number of amides is 1. The number of carbonyl (C=O) groups excluding carboxylic acids is 1. The normalized spacial score (nSPS) is 13.6. The monoisotopic (exact) mass is 529 g/mol. The number of piperazine rings is 1. The molecule has 0 atom stereocenters. The number of para-hydroxylation sites is 2. The fraction of sp³-hybridized carbons (Fsp3) is 0.267. The second-order valence-corrected chi connectivity index (χ2v) is 10.5. The zero-order valence-corrected chi connectivity index (χ0v) is 22.4. The van der Waals surface area contributed by atoms with Crippen LogP contribution in [0.1, 0.15) is 28.6 Å². The van der Waals surface area contributed by atoms with Crippen molar-refractivity contribution in [1.29, 1.82) is 0 Å². The van der Waals surface area contributed by atoms with Gasteiger partial charge in [0.15, 0.2) is 0 Å². The van der Waals surface area contributed by atoms with Crippen molar-refractivity contribution in [2.45, 2.75) is 25.2 Å². The molecule has 0 spiro atoms. The maximum Gasteiger partial charge on any atom is 0.372 e. The molecule has 1 fully saturated rings. The van der Waals surface area contributed by atoms with Crippen molar-refractivity contribution in [3.8, 4) is 0 Å². The summed E-state index contributed by atoms with van der Waals surface area (Å²) in [4.78, 5) is 28.7. The molecule has 2 heterocycles. The Labute approximate surface area is 226 Å². The van der Waals surface area contributed by atoms with E-state index in [0.29, 0.717) is 24.2 Å². The molecule has 1 aromatic heterocycles. The Bertz CT molecular complexity index is 1440. The lowest BCUT2D eigenvalue weighted by atomic mass is 10.1. The van der Waals surface area contributed by atoms with Gasteiger partial charge in [0.1, 0.15) is 5.58 Å². The van der Waals surface area contributed by atoms with Crippen molar-refractivity contribution in [2.75, 3.05) is 41.9 Å². The van der Waals surface area contributed by atoms with Gasteiger partial charge in [-0.3, -0.25) is 4.79 Å². The van der Waals surface area contributed by atoms with Crippen molar-refractivity contribution in [2.24, 2.45) is 0 Å². The number of hydrogen-bond donors (Lipinski definition) is 1. The van der Waals surface area contributed by atoms with E-state index in [1.54, 1.807) is 25.8 Å². The Morgan fingerprint density at radius 2 is 1.68 bits per heavy atom. The van der Waals surface area contributed by atoms with Gasteiger partial charge < -0.3 is 23.6 Å². The van der Waals surface area contributed by atoms with E-state index in [1.165, 1.54) is 5.56 Å². The molecular formula is C30H31N3O4S. The predicted octanol–water partition coefficient (Wildman–Crippen LogP) is 5.86. The van der Waals surface area contributed by atoms with Crippen LogP contribution in [-0.2, 0) is 11.2 Å². The van der Waals surface area contributed by atoms with Crippen LogP contribution in [0.3, 0.4) is 0 Å². The minimum Gasteiger partial charge on any atom is -0.475 e. The molecule has 8 heteroatoms. The summed E-state index contributed by atoms with van der Waals surface area (Å²) < 4.78 is 7.89. The number of carboxylic acids is 1. The van der Waals surface area contributed by atoms with Gasteiger partial charge in [0.2, 0.25) is 11.7 Å². The van der Waals surface area contributed by atoms with E-state index >= 15 is 0 Å². The first-order valence-corrected chi connectivity index (χ1v) is 13.5. The topological polar surface area (TPSA) is 77.2 Å². The third kappa shape index (κ3) is 5.50. The molecule has 5 rings (SSSR count). The Hall–Kier alpha value is -3.91. The average molecular weight is 530 g/mol. The number of hydrogen-bond acceptors (Lipinski definition) is 6. The van der Waals surface area contributed by atoms with Crippen molar-refractivity contribution >= 4 is 46.2 Å². The van der Waals surface area contributed by atoms with E-state index in [4.69, 9.17) is 4.42 Å². The van der Waals surface area contributed by atoms with Crippen molar-refractivity contribution in [3.63, 3.8) is 0 Å². The van der Waals surface area contributed by atoms with Gasteiger partial charge in [0.05, 0.1) is 11.4 Å². The van der Waals surface area contributed by atoms with Crippen LogP contribution in [0, 0.1) is 6.92 Å². The molecule has 4 aromatic rings. The number of nitrogens with zero attached hydrogens (tertiary/aromatic N) is 3. The highest BCUT2D eigenvalue weighted by molar-refractivity contribution is 8.00. The molecule has 1 N–H and O–H groups in total. The summed E-state index contributed by atoms with van der Waals surface area (Å²) in [5, 5.41) is 10.3. The minimum absolute atomic E-state index is 0.0156. The molecule has 0 aliphatic carbocycles.